The van der Waals surface area contributed by atoms with Gasteiger partial charge in [0.2, 0.25) is 0 Å². The minimum absolute atomic E-state index is 0.0641. The lowest BCUT2D eigenvalue weighted by Crippen LogP contribution is -2.22. The number of thiazole rings is 1. The fourth-order valence-electron chi connectivity index (χ4n) is 1.64. The van der Waals surface area contributed by atoms with E-state index in [1.165, 1.54) is 11.3 Å². The van der Waals surface area contributed by atoms with Crippen LogP contribution in [0.1, 0.15) is 45.7 Å². The minimum atomic E-state index is -0.0641. The first-order valence-corrected chi connectivity index (χ1v) is 7.04. The smallest absolute Gasteiger partial charge is 0.263 e. The summed E-state index contributed by atoms with van der Waals surface area (Å²) < 4.78 is 0. The van der Waals surface area contributed by atoms with Crippen molar-refractivity contribution < 1.29 is 4.79 Å². The molecule has 100 valence electrons. The van der Waals surface area contributed by atoms with E-state index in [0.29, 0.717) is 17.3 Å². The lowest BCUT2D eigenvalue weighted by molar-refractivity contribution is 0.0954. The Labute approximate surface area is 116 Å². The molecule has 4 nitrogen and oxygen atoms in total. The molecule has 0 saturated heterocycles. The second-order valence-electron chi connectivity index (χ2n) is 4.67. The summed E-state index contributed by atoms with van der Waals surface area (Å²) in [5, 5.41) is 3.90. The van der Waals surface area contributed by atoms with Crippen LogP contribution in [0.15, 0.2) is 24.5 Å². The van der Waals surface area contributed by atoms with Crippen LogP contribution >= 0.6 is 11.3 Å². The lowest BCUT2D eigenvalue weighted by atomic mass is 10.2. The molecular weight excluding hydrogens is 258 g/mol. The molecule has 1 N–H and O–H groups in total. The molecule has 0 fully saturated rings. The number of nitrogens with zero attached hydrogens (tertiary/aromatic N) is 2. The van der Waals surface area contributed by atoms with E-state index in [9.17, 15) is 4.79 Å². The molecule has 2 rings (SSSR count). The lowest BCUT2D eigenvalue weighted by Gasteiger charge is -2.03. The summed E-state index contributed by atoms with van der Waals surface area (Å²) >= 11 is 1.47. The van der Waals surface area contributed by atoms with Gasteiger partial charge in [0.15, 0.2) is 0 Å². The highest BCUT2D eigenvalue weighted by molar-refractivity contribution is 7.13. The summed E-state index contributed by atoms with van der Waals surface area (Å²) in [5.74, 6) is 0.286. The van der Waals surface area contributed by atoms with E-state index in [4.69, 9.17) is 0 Å². The van der Waals surface area contributed by atoms with Crippen LogP contribution in [0.5, 0.6) is 0 Å². The first-order chi connectivity index (χ1) is 9.08. The molecule has 0 aliphatic carbocycles. The predicted octanol–water partition coefficient (Wildman–Crippen LogP) is 2.90. The van der Waals surface area contributed by atoms with E-state index < -0.39 is 0 Å². The Balaban J connectivity index is 2.04. The summed E-state index contributed by atoms with van der Waals surface area (Å²) in [4.78, 5) is 21.3. The van der Waals surface area contributed by atoms with Gasteiger partial charge in [0.05, 0.1) is 10.7 Å². The van der Waals surface area contributed by atoms with Gasteiger partial charge < -0.3 is 5.32 Å². The highest BCUT2D eigenvalue weighted by atomic mass is 32.1. The van der Waals surface area contributed by atoms with Crippen molar-refractivity contribution in [2.45, 2.75) is 33.2 Å². The van der Waals surface area contributed by atoms with E-state index in [-0.39, 0.29) is 5.91 Å². The summed E-state index contributed by atoms with van der Waals surface area (Å²) in [6.45, 7) is 6.52. The maximum absolute atomic E-state index is 12.1. The van der Waals surface area contributed by atoms with Gasteiger partial charge in [-0.1, -0.05) is 19.9 Å². The second-order valence-corrected chi connectivity index (χ2v) is 5.70. The van der Waals surface area contributed by atoms with Gasteiger partial charge in [-0.25, -0.2) is 4.98 Å². The van der Waals surface area contributed by atoms with Gasteiger partial charge in [0.25, 0.3) is 5.91 Å². The van der Waals surface area contributed by atoms with Crippen molar-refractivity contribution in [2.75, 3.05) is 0 Å². The normalized spacial score (nSPS) is 10.7. The van der Waals surface area contributed by atoms with Gasteiger partial charge in [-0.05, 0) is 18.6 Å². The Hall–Kier alpha value is -1.75. The Bertz CT molecular complexity index is 563. The summed E-state index contributed by atoms with van der Waals surface area (Å²) in [7, 11) is 0. The number of aryl methyl sites for hydroxylation is 1. The Kier molecular flexibility index (Phi) is 4.27. The molecule has 5 heteroatoms. The fraction of sp³-hybridized carbons (Fsp3) is 0.357. The van der Waals surface area contributed by atoms with E-state index in [0.717, 1.165) is 16.3 Å². The highest BCUT2D eigenvalue weighted by Crippen LogP contribution is 2.24. The highest BCUT2D eigenvalue weighted by Gasteiger charge is 2.16. The molecule has 0 aliphatic heterocycles. The van der Waals surface area contributed by atoms with E-state index in [1.807, 2.05) is 19.1 Å². The number of rotatable bonds is 4. The summed E-state index contributed by atoms with van der Waals surface area (Å²) in [5.41, 5.74) is 1.79. The second kappa shape index (κ2) is 5.93. The molecule has 0 radical (unpaired) electrons. The van der Waals surface area contributed by atoms with Crippen molar-refractivity contribution in [1.82, 2.24) is 15.3 Å². The molecule has 19 heavy (non-hydrogen) atoms. The Morgan fingerprint density at radius 3 is 2.84 bits per heavy atom. The SMILES string of the molecule is Cc1nc(C(C)C)sc1C(=O)NCc1cccnc1. The molecular formula is C14H17N3OS. The number of carbonyl (C=O) groups is 1. The molecule has 2 heterocycles. The monoisotopic (exact) mass is 275 g/mol. The van der Waals surface area contributed by atoms with Crippen LogP contribution < -0.4 is 5.32 Å². The molecule has 2 aromatic heterocycles. The average molecular weight is 275 g/mol. The van der Waals surface area contributed by atoms with E-state index in [2.05, 4.69) is 29.1 Å². The number of amides is 1. The zero-order valence-corrected chi connectivity index (χ0v) is 12.1. The Morgan fingerprint density at radius 1 is 1.47 bits per heavy atom. The number of hydrogen-bond acceptors (Lipinski definition) is 4. The molecule has 0 spiro atoms. The van der Waals surface area contributed by atoms with Crippen LogP contribution in [0.2, 0.25) is 0 Å². The van der Waals surface area contributed by atoms with Crippen molar-refractivity contribution in [3.63, 3.8) is 0 Å². The minimum Gasteiger partial charge on any atom is -0.347 e. The predicted molar refractivity (Wildman–Crippen MR) is 76.3 cm³/mol. The largest absolute Gasteiger partial charge is 0.347 e. The van der Waals surface area contributed by atoms with Gasteiger partial charge in [-0.2, -0.15) is 0 Å². The quantitative estimate of drug-likeness (QED) is 0.933. The van der Waals surface area contributed by atoms with E-state index in [1.54, 1.807) is 12.4 Å². The van der Waals surface area contributed by atoms with Crippen LogP contribution in [-0.2, 0) is 6.54 Å². The number of nitrogens with one attached hydrogen (secondary N) is 1. The third kappa shape index (κ3) is 3.38. The van der Waals surface area contributed by atoms with Crippen molar-refractivity contribution >= 4 is 17.2 Å². The number of hydrogen-bond donors (Lipinski definition) is 1. The number of carbonyl (C=O) groups excluding carboxylic acids is 1. The summed E-state index contributed by atoms with van der Waals surface area (Å²) in [6.07, 6.45) is 3.47. The molecule has 0 bridgehead atoms. The zero-order chi connectivity index (χ0) is 13.8. The molecule has 0 aromatic carbocycles. The van der Waals surface area contributed by atoms with Crippen LogP contribution in [-0.4, -0.2) is 15.9 Å². The van der Waals surface area contributed by atoms with Gasteiger partial charge in [-0.3, -0.25) is 9.78 Å². The van der Waals surface area contributed by atoms with Crippen molar-refractivity contribution in [3.05, 3.63) is 45.7 Å². The van der Waals surface area contributed by atoms with Gasteiger partial charge in [0, 0.05) is 24.9 Å². The van der Waals surface area contributed by atoms with Gasteiger partial charge >= 0.3 is 0 Å². The topological polar surface area (TPSA) is 54.9 Å². The standard InChI is InChI=1S/C14H17N3OS/c1-9(2)14-17-10(3)12(19-14)13(18)16-8-11-5-4-6-15-7-11/h4-7,9H,8H2,1-3H3,(H,16,18). The van der Waals surface area contributed by atoms with Crippen LogP contribution in [0.25, 0.3) is 0 Å². The summed E-state index contributed by atoms with van der Waals surface area (Å²) in [6, 6.07) is 3.79. The van der Waals surface area contributed by atoms with Gasteiger partial charge in [0.1, 0.15) is 4.88 Å². The molecule has 1 amide bonds. The van der Waals surface area contributed by atoms with E-state index >= 15 is 0 Å². The molecule has 0 saturated carbocycles. The fourth-order valence-corrected chi connectivity index (χ4v) is 2.63. The molecule has 0 aliphatic rings. The van der Waals surface area contributed by atoms with Crippen LogP contribution in [0.4, 0.5) is 0 Å². The Morgan fingerprint density at radius 2 is 2.26 bits per heavy atom. The third-order valence-corrected chi connectivity index (χ3v) is 4.15. The molecule has 0 atom stereocenters. The molecule has 2 aromatic rings. The van der Waals surface area contributed by atoms with Crippen LogP contribution in [0.3, 0.4) is 0 Å². The first-order valence-electron chi connectivity index (χ1n) is 6.22. The molecule has 0 unspecified atom stereocenters. The van der Waals surface area contributed by atoms with Crippen LogP contribution in [0, 0.1) is 6.92 Å². The van der Waals surface area contributed by atoms with Crippen molar-refractivity contribution in [3.8, 4) is 0 Å². The maximum atomic E-state index is 12.1. The average Bonchev–Trinajstić information content (AvgIpc) is 2.80. The zero-order valence-electron chi connectivity index (χ0n) is 11.3. The first kappa shape index (κ1) is 13.7. The van der Waals surface area contributed by atoms with Crippen molar-refractivity contribution in [1.29, 1.82) is 0 Å². The van der Waals surface area contributed by atoms with Crippen molar-refractivity contribution in [2.24, 2.45) is 0 Å². The number of aromatic nitrogens is 2. The third-order valence-electron chi connectivity index (χ3n) is 2.69. The maximum Gasteiger partial charge on any atom is 0.263 e. The number of pyridine rings is 1. The van der Waals surface area contributed by atoms with Gasteiger partial charge in [-0.15, -0.1) is 11.3 Å².